The minimum absolute atomic E-state index is 0.401. The first-order chi connectivity index (χ1) is 7.69. The van der Waals surface area contributed by atoms with Crippen LogP contribution in [0.5, 0.6) is 0 Å². The van der Waals surface area contributed by atoms with Gasteiger partial charge in [0.1, 0.15) is 0 Å². The molecule has 0 bridgehead atoms. The van der Waals surface area contributed by atoms with Gasteiger partial charge in [-0.2, -0.15) is 0 Å². The summed E-state index contributed by atoms with van der Waals surface area (Å²) in [5.74, 6) is 0.828. The molecule has 2 rings (SSSR count). The van der Waals surface area contributed by atoms with Crippen LogP contribution in [0.15, 0.2) is 0 Å². The van der Waals surface area contributed by atoms with Crippen LogP contribution in [-0.2, 0) is 4.74 Å². The van der Waals surface area contributed by atoms with Crippen LogP contribution >= 0.6 is 0 Å². The van der Waals surface area contributed by atoms with Crippen molar-refractivity contribution in [3.05, 3.63) is 0 Å². The number of ether oxygens (including phenoxy) is 1. The molecule has 0 amide bonds. The second-order valence-electron chi connectivity index (χ2n) is 5.60. The van der Waals surface area contributed by atoms with E-state index in [4.69, 9.17) is 10.5 Å². The number of hydrogen-bond donors (Lipinski definition) is 1. The summed E-state index contributed by atoms with van der Waals surface area (Å²) < 4.78 is 5.73. The molecule has 3 nitrogen and oxygen atoms in total. The maximum Gasteiger partial charge on any atom is 0.0674 e. The van der Waals surface area contributed by atoms with Gasteiger partial charge in [0.2, 0.25) is 0 Å². The Morgan fingerprint density at radius 2 is 2.19 bits per heavy atom. The molecule has 1 aliphatic carbocycles. The zero-order chi connectivity index (χ0) is 11.5. The summed E-state index contributed by atoms with van der Waals surface area (Å²) in [5.41, 5.74) is 5.98. The Hall–Kier alpha value is -0.120. The van der Waals surface area contributed by atoms with Gasteiger partial charge in [-0.3, -0.25) is 4.90 Å². The Kier molecular flexibility index (Phi) is 4.22. The largest absolute Gasteiger partial charge is 0.376 e. The van der Waals surface area contributed by atoms with Gasteiger partial charge in [-0.25, -0.2) is 0 Å². The van der Waals surface area contributed by atoms with E-state index < -0.39 is 0 Å². The molecule has 0 aromatic rings. The van der Waals surface area contributed by atoms with E-state index in [0.717, 1.165) is 19.1 Å². The van der Waals surface area contributed by atoms with Crippen LogP contribution in [0.1, 0.15) is 39.5 Å². The van der Waals surface area contributed by atoms with E-state index in [0.29, 0.717) is 18.2 Å². The molecule has 1 heterocycles. The van der Waals surface area contributed by atoms with Crippen molar-refractivity contribution in [3.8, 4) is 0 Å². The van der Waals surface area contributed by atoms with E-state index >= 15 is 0 Å². The topological polar surface area (TPSA) is 38.5 Å². The maximum absolute atomic E-state index is 5.98. The molecular weight excluding hydrogens is 200 g/mol. The summed E-state index contributed by atoms with van der Waals surface area (Å²) >= 11 is 0. The first-order valence-corrected chi connectivity index (χ1v) is 6.80. The van der Waals surface area contributed by atoms with Crippen molar-refractivity contribution in [2.75, 3.05) is 19.7 Å². The van der Waals surface area contributed by atoms with Crippen LogP contribution in [0.25, 0.3) is 0 Å². The molecule has 1 saturated carbocycles. The minimum Gasteiger partial charge on any atom is -0.376 e. The molecule has 0 aromatic carbocycles. The lowest BCUT2D eigenvalue weighted by molar-refractivity contribution is -0.0603. The van der Waals surface area contributed by atoms with Gasteiger partial charge in [0.25, 0.3) is 0 Å². The fourth-order valence-corrected chi connectivity index (χ4v) is 3.12. The molecule has 0 spiro atoms. The van der Waals surface area contributed by atoms with E-state index in [9.17, 15) is 0 Å². The lowest BCUT2D eigenvalue weighted by atomic mass is 10.0. The first kappa shape index (κ1) is 12.3. The van der Waals surface area contributed by atoms with Crippen molar-refractivity contribution in [2.45, 2.75) is 57.7 Å². The van der Waals surface area contributed by atoms with Crippen molar-refractivity contribution in [1.82, 2.24) is 4.90 Å². The molecule has 2 N–H and O–H groups in total. The fourth-order valence-electron chi connectivity index (χ4n) is 3.12. The van der Waals surface area contributed by atoms with Crippen LogP contribution in [0.4, 0.5) is 0 Å². The molecule has 2 aliphatic rings. The number of rotatable bonds is 3. The van der Waals surface area contributed by atoms with E-state index in [-0.39, 0.29) is 0 Å². The van der Waals surface area contributed by atoms with Gasteiger partial charge in [0.15, 0.2) is 0 Å². The maximum atomic E-state index is 5.98. The monoisotopic (exact) mass is 226 g/mol. The Balaban J connectivity index is 1.85. The molecule has 4 atom stereocenters. The summed E-state index contributed by atoms with van der Waals surface area (Å²) in [5, 5.41) is 0. The molecule has 2 fully saturated rings. The van der Waals surface area contributed by atoms with E-state index in [1.807, 2.05) is 0 Å². The minimum atomic E-state index is 0.401. The van der Waals surface area contributed by atoms with Crippen molar-refractivity contribution >= 4 is 0 Å². The average molecular weight is 226 g/mol. The molecule has 0 aromatic heterocycles. The first-order valence-electron chi connectivity index (χ1n) is 6.80. The third-order valence-electron chi connectivity index (χ3n) is 4.13. The van der Waals surface area contributed by atoms with Gasteiger partial charge in [0.05, 0.1) is 12.7 Å². The highest BCUT2D eigenvalue weighted by molar-refractivity contribution is 4.84. The summed E-state index contributed by atoms with van der Waals surface area (Å²) in [4.78, 5) is 2.64. The van der Waals surface area contributed by atoms with Gasteiger partial charge in [-0.05, 0) is 38.5 Å². The molecule has 0 radical (unpaired) electrons. The normalized spacial score (nSPS) is 41.4. The van der Waals surface area contributed by atoms with Gasteiger partial charge in [-0.15, -0.1) is 0 Å². The van der Waals surface area contributed by atoms with Crippen LogP contribution < -0.4 is 5.73 Å². The van der Waals surface area contributed by atoms with Crippen molar-refractivity contribution in [3.63, 3.8) is 0 Å². The van der Waals surface area contributed by atoms with E-state index in [1.165, 1.54) is 32.2 Å². The molecule has 1 aliphatic heterocycles. The van der Waals surface area contributed by atoms with E-state index in [1.54, 1.807) is 0 Å². The zero-order valence-corrected chi connectivity index (χ0v) is 10.7. The van der Waals surface area contributed by atoms with Crippen molar-refractivity contribution in [2.24, 2.45) is 11.7 Å². The Bertz CT molecular complexity index is 222. The smallest absolute Gasteiger partial charge is 0.0674 e. The number of nitrogens with two attached hydrogens (primary N) is 1. The average Bonchev–Trinajstić information content (AvgIpc) is 2.64. The lowest BCUT2D eigenvalue weighted by Gasteiger charge is -2.39. The summed E-state index contributed by atoms with van der Waals surface area (Å²) in [6, 6.07) is 1.09. The predicted molar refractivity (Wildman–Crippen MR) is 66.4 cm³/mol. The van der Waals surface area contributed by atoms with Gasteiger partial charge in [-0.1, -0.05) is 6.92 Å². The van der Waals surface area contributed by atoms with Gasteiger partial charge >= 0.3 is 0 Å². The highest BCUT2D eigenvalue weighted by atomic mass is 16.5. The van der Waals surface area contributed by atoms with Crippen LogP contribution in [0, 0.1) is 5.92 Å². The summed E-state index contributed by atoms with van der Waals surface area (Å²) in [6.45, 7) is 7.69. The zero-order valence-electron chi connectivity index (χ0n) is 10.7. The SMILES string of the molecule is CCC1COC(C)CN1CC1CCC(N)C1. The molecule has 16 heavy (non-hydrogen) atoms. The second-order valence-corrected chi connectivity index (χ2v) is 5.60. The summed E-state index contributed by atoms with van der Waals surface area (Å²) in [7, 11) is 0. The Morgan fingerprint density at radius 3 is 2.81 bits per heavy atom. The van der Waals surface area contributed by atoms with Crippen LogP contribution in [-0.4, -0.2) is 42.8 Å². The number of morpholine rings is 1. The quantitative estimate of drug-likeness (QED) is 0.794. The van der Waals surface area contributed by atoms with Crippen molar-refractivity contribution in [1.29, 1.82) is 0 Å². The molecular formula is C13H26N2O. The molecule has 94 valence electrons. The summed E-state index contributed by atoms with van der Waals surface area (Å²) in [6.07, 6.45) is 5.37. The third-order valence-corrected chi connectivity index (χ3v) is 4.13. The highest BCUT2D eigenvalue weighted by Gasteiger charge is 2.30. The van der Waals surface area contributed by atoms with Gasteiger partial charge < -0.3 is 10.5 Å². The third kappa shape index (κ3) is 2.96. The highest BCUT2D eigenvalue weighted by Crippen LogP contribution is 2.27. The van der Waals surface area contributed by atoms with Crippen molar-refractivity contribution < 1.29 is 4.74 Å². The van der Waals surface area contributed by atoms with Crippen LogP contribution in [0.2, 0.25) is 0 Å². The Labute approximate surface area is 99.3 Å². The van der Waals surface area contributed by atoms with Crippen LogP contribution in [0.3, 0.4) is 0 Å². The van der Waals surface area contributed by atoms with Gasteiger partial charge in [0, 0.05) is 25.2 Å². The number of nitrogens with zero attached hydrogens (tertiary/aromatic N) is 1. The fraction of sp³-hybridized carbons (Fsp3) is 1.00. The molecule has 1 saturated heterocycles. The predicted octanol–water partition coefficient (Wildman–Crippen LogP) is 1.61. The molecule has 4 unspecified atom stereocenters. The molecule has 3 heteroatoms. The lowest BCUT2D eigenvalue weighted by Crippen LogP contribution is -2.50. The van der Waals surface area contributed by atoms with E-state index in [2.05, 4.69) is 18.7 Å². The Morgan fingerprint density at radius 1 is 1.38 bits per heavy atom. The standard InChI is InChI=1S/C13H26N2O/c1-3-13-9-16-10(2)7-15(13)8-11-4-5-12(14)6-11/h10-13H,3-9,14H2,1-2H3. The number of hydrogen-bond acceptors (Lipinski definition) is 3. The second kappa shape index (κ2) is 5.48.